The number of halogens is 1. The first-order valence-electron chi connectivity index (χ1n) is 6.66. The zero-order chi connectivity index (χ0) is 15.2. The molecule has 0 aromatic heterocycles. The summed E-state index contributed by atoms with van der Waals surface area (Å²) in [6, 6.07) is 9.90. The van der Waals surface area contributed by atoms with Crippen molar-refractivity contribution in [1.29, 1.82) is 5.26 Å². The van der Waals surface area contributed by atoms with Gasteiger partial charge in [0.2, 0.25) is 0 Å². The average Bonchev–Trinajstić information content (AvgIpc) is 2.47. The molecule has 1 amide bonds. The maximum absolute atomic E-state index is 12.1. The Morgan fingerprint density at radius 3 is 3.00 bits per heavy atom. The predicted octanol–water partition coefficient (Wildman–Crippen LogP) is 4.58. The molecular formula is C15H15BrN2OS2. The van der Waals surface area contributed by atoms with Gasteiger partial charge in [-0.05, 0) is 29.9 Å². The van der Waals surface area contributed by atoms with E-state index in [0.29, 0.717) is 0 Å². The fourth-order valence-electron chi connectivity index (χ4n) is 1.81. The van der Waals surface area contributed by atoms with Gasteiger partial charge >= 0.3 is 0 Å². The van der Waals surface area contributed by atoms with Crippen LogP contribution in [0.2, 0.25) is 0 Å². The van der Waals surface area contributed by atoms with Crippen LogP contribution in [0.3, 0.4) is 0 Å². The highest BCUT2D eigenvalue weighted by molar-refractivity contribution is 9.10. The van der Waals surface area contributed by atoms with Crippen LogP contribution in [-0.2, 0) is 4.79 Å². The van der Waals surface area contributed by atoms with E-state index in [2.05, 4.69) is 28.2 Å². The zero-order valence-corrected chi connectivity index (χ0v) is 14.8. The molecule has 2 rings (SSSR count). The number of nitrogens with zero attached hydrogens (tertiary/aromatic N) is 1. The van der Waals surface area contributed by atoms with Crippen molar-refractivity contribution in [3.63, 3.8) is 0 Å². The first-order chi connectivity index (χ1) is 10.2. The quantitative estimate of drug-likeness (QED) is 0.757. The molecule has 1 aromatic carbocycles. The highest BCUT2D eigenvalue weighted by Gasteiger charge is 2.28. The molecule has 1 atom stereocenters. The Labute approximate surface area is 141 Å². The second-order valence-electron chi connectivity index (χ2n) is 4.50. The van der Waals surface area contributed by atoms with Crippen LogP contribution in [0.5, 0.6) is 0 Å². The molecule has 21 heavy (non-hydrogen) atoms. The molecular weight excluding hydrogens is 368 g/mol. The number of carbonyl (C=O) groups is 1. The molecule has 1 N–H and O–H groups in total. The molecule has 110 valence electrons. The van der Waals surface area contributed by atoms with E-state index >= 15 is 0 Å². The third-order valence-electron chi connectivity index (χ3n) is 2.91. The monoisotopic (exact) mass is 382 g/mol. The van der Waals surface area contributed by atoms with Gasteiger partial charge in [0.05, 0.1) is 4.24 Å². The van der Waals surface area contributed by atoms with Crippen molar-refractivity contribution in [2.24, 2.45) is 0 Å². The van der Waals surface area contributed by atoms with Crippen molar-refractivity contribution in [1.82, 2.24) is 5.32 Å². The van der Waals surface area contributed by atoms with Gasteiger partial charge in [-0.15, -0.1) is 11.8 Å². The number of benzene rings is 1. The summed E-state index contributed by atoms with van der Waals surface area (Å²) in [5, 5.41) is 11.9. The molecule has 6 heteroatoms. The van der Waals surface area contributed by atoms with Crippen molar-refractivity contribution in [2.45, 2.75) is 25.1 Å². The second kappa shape index (κ2) is 7.92. The van der Waals surface area contributed by atoms with Crippen LogP contribution in [-0.4, -0.2) is 11.7 Å². The Balaban J connectivity index is 2.21. The van der Waals surface area contributed by atoms with Crippen molar-refractivity contribution in [2.75, 3.05) is 5.75 Å². The van der Waals surface area contributed by atoms with E-state index < -0.39 is 0 Å². The maximum atomic E-state index is 12.1. The number of carbonyl (C=O) groups excluding carboxylic acids is 1. The smallest absolute Gasteiger partial charge is 0.264 e. The third kappa shape index (κ3) is 4.29. The minimum Gasteiger partial charge on any atom is -0.335 e. The third-order valence-corrected chi connectivity index (χ3v) is 6.05. The fourth-order valence-corrected chi connectivity index (χ4v) is 4.86. The van der Waals surface area contributed by atoms with Gasteiger partial charge in [-0.3, -0.25) is 4.79 Å². The average molecular weight is 383 g/mol. The van der Waals surface area contributed by atoms with E-state index in [1.807, 2.05) is 30.3 Å². The fraction of sp³-hybridized carbons (Fsp3) is 0.333. The van der Waals surface area contributed by atoms with Gasteiger partial charge in [0, 0.05) is 4.47 Å². The molecule has 1 aliphatic heterocycles. The van der Waals surface area contributed by atoms with E-state index in [9.17, 15) is 10.1 Å². The Morgan fingerprint density at radius 1 is 1.52 bits per heavy atom. The van der Waals surface area contributed by atoms with E-state index in [4.69, 9.17) is 0 Å². The highest BCUT2D eigenvalue weighted by Crippen LogP contribution is 2.44. The summed E-state index contributed by atoms with van der Waals surface area (Å²) in [4.78, 5) is 12.1. The van der Waals surface area contributed by atoms with Gasteiger partial charge < -0.3 is 5.32 Å². The number of unbranched alkanes of at least 4 members (excludes halogenated alkanes) is 1. The standard InChI is InChI=1S/C15H15BrN2OS2/c1-2-3-7-20-15-12(9-17)13(19)18-14(21-15)10-5-4-6-11(16)8-10/h4-6,8,14H,2-3,7H2,1H3,(H,18,19)/t14-/m1/s1. The van der Waals surface area contributed by atoms with Gasteiger partial charge in [-0.1, -0.05) is 53.2 Å². The number of rotatable bonds is 5. The molecule has 1 heterocycles. The largest absolute Gasteiger partial charge is 0.335 e. The molecule has 0 bridgehead atoms. The summed E-state index contributed by atoms with van der Waals surface area (Å²) in [6.07, 6.45) is 2.19. The van der Waals surface area contributed by atoms with Crippen molar-refractivity contribution in [3.8, 4) is 6.07 Å². The topological polar surface area (TPSA) is 52.9 Å². The maximum Gasteiger partial charge on any atom is 0.264 e. The molecule has 0 saturated heterocycles. The minimum atomic E-state index is -0.278. The first kappa shape index (κ1) is 16.5. The lowest BCUT2D eigenvalue weighted by molar-refractivity contribution is -0.117. The number of nitriles is 1. The van der Waals surface area contributed by atoms with E-state index in [1.54, 1.807) is 23.5 Å². The molecule has 0 fully saturated rings. The van der Waals surface area contributed by atoms with Gasteiger partial charge in [-0.25, -0.2) is 0 Å². The predicted molar refractivity (Wildman–Crippen MR) is 92.6 cm³/mol. The number of amides is 1. The summed E-state index contributed by atoms with van der Waals surface area (Å²) in [5.74, 6) is 0.655. The molecule has 1 aromatic rings. The first-order valence-corrected chi connectivity index (χ1v) is 9.31. The van der Waals surface area contributed by atoms with Crippen LogP contribution in [0.1, 0.15) is 30.7 Å². The van der Waals surface area contributed by atoms with E-state index in [1.165, 1.54) is 0 Å². The van der Waals surface area contributed by atoms with E-state index in [0.717, 1.165) is 32.9 Å². The SMILES string of the molecule is CCCCSC1=C(C#N)C(=O)N[C@@H](c2cccc(Br)c2)S1. The van der Waals surface area contributed by atoms with Crippen LogP contribution in [0.25, 0.3) is 0 Å². The van der Waals surface area contributed by atoms with Gasteiger partial charge in [-0.2, -0.15) is 5.26 Å². The van der Waals surface area contributed by atoms with Crippen molar-refractivity contribution >= 4 is 45.4 Å². The summed E-state index contributed by atoms with van der Waals surface area (Å²) in [6.45, 7) is 2.13. The molecule has 0 saturated carbocycles. The summed E-state index contributed by atoms with van der Waals surface area (Å²) in [7, 11) is 0. The Morgan fingerprint density at radius 2 is 2.33 bits per heavy atom. The lowest BCUT2D eigenvalue weighted by Crippen LogP contribution is -2.31. The van der Waals surface area contributed by atoms with Crippen molar-refractivity contribution < 1.29 is 4.79 Å². The number of nitrogens with one attached hydrogen (secondary N) is 1. The van der Waals surface area contributed by atoms with Crippen LogP contribution < -0.4 is 5.32 Å². The normalized spacial score (nSPS) is 18.3. The molecule has 0 radical (unpaired) electrons. The number of hydrogen-bond acceptors (Lipinski definition) is 4. The Hall–Kier alpha value is -0.900. The Bertz CT molecular complexity index is 610. The van der Waals surface area contributed by atoms with Crippen LogP contribution in [0.15, 0.2) is 38.5 Å². The highest BCUT2D eigenvalue weighted by atomic mass is 79.9. The van der Waals surface area contributed by atoms with Gasteiger partial charge in [0.1, 0.15) is 17.0 Å². The molecule has 0 spiro atoms. The molecule has 1 aliphatic rings. The van der Waals surface area contributed by atoms with Gasteiger partial charge in [0.15, 0.2) is 0 Å². The lowest BCUT2D eigenvalue weighted by atomic mass is 10.2. The van der Waals surface area contributed by atoms with Gasteiger partial charge in [0.25, 0.3) is 5.91 Å². The number of thioether (sulfide) groups is 2. The summed E-state index contributed by atoms with van der Waals surface area (Å²) < 4.78 is 1.81. The lowest BCUT2D eigenvalue weighted by Gasteiger charge is -2.25. The van der Waals surface area contributed by atoms with E-state index in [-0.39, 0.29) is 16.9 Å². The van der Waals surface area contributed by atoms with Crippen LogP contribution in [0, 0.1) is 11.3 Å². The van der Waals surface area contributed by atoms with Crippen LogP contribution >= 0.6 is 39.5 Å². The Kier molecular flexibility index (Phi) is 6.22. The second-order valence-corrected chi connectivity index (χ2v) is 7.90. The minimum absolute atomic E-state index is 0.142. The summed E-state index contributed by atoms with van der Waals surface area (Å²) >= 11 is 6.60. The zero-order valence-electron chi connectivity index (χ0n) is 11.6. The van der Waals surface area contributed by atoms with Crippen LogP contribution in [0.4, 0.5) is 0 Å². The number of hydrogen-bond donors (Lipinski definition) is 1. The molecule has 3 nitrogen and oxygen atoms in total. The van der Waals surface area contributed by atoms with Crippen molar-refractivity contribution in [3.05, 3.63) is 44.1 Å². The molecule has 0 aliphatic carbocycles. The molecule has 0 unspecified atom stereocenters. The summed E-state index contributed by atoms with van der Waals surface area (Å²) in [5.41, 5.74) is 1.26.